The van der Waals surface area contributed by atoms with Crippen LogP contribution in [0.15, 0.2) is 70.3 Å². The van der Waals surface area contributed by atoms with Gasteiger partial charge in [-0.2, -0.15) is 0 Å². The number of nitrogens with one attached hydrogen (secondary N) is 1. The van der Waals surface area contributed by atoms with Crippen molar-refractivity contribution < 1.29 is 23.9 Å². The zero-order valence-corrected chi connectivity index (χ0v) is 19.8. The van der Waals surface area contributed by atoms with Gasteiger partial charge < -0.3 is 20.5 Å². The molecule has 1 atom stereocenters. The summed E-state index contributed by atoms with van der Waals surface area (Å²) in [4.78, 5) is 62.2. The summed E-state index contributed by atoms with van der Waals surface area (Å²) in [7, 11) is 2.51. The van der Waals surface area contributed by atoms with E-state index >= 15 is 0 Å². The van der Waals surface area contributed by atoms with E-state index in [0.717, 1.165) is 20.3 Å². The van der Waals surface area contributed by atoms with Crippen LogP contribution in [-0.2, 0) is 41.4 Å². The predicted octanol–water partition coefficient (Wildman–Crippen LogP) is 0.930. The summed E-state index contributed by atoms with van der Waals surface area (Å²) in [6.07, 6.45) is -0.780. The lowest BCUT2D eigenvalue weighted by Gasteiger charge is -2.18. The molecule has 188 valence electrons. The number of alkyl carbamates (subject to hydrolysis) is 1. The average molecular weight is 495 g/mol. The van der Waals surface area contributed by atoms with Crippen molar-refractivity contribution in [1.29, 1.82) is 0 Å². The van der Waals surface area contributed by atoms with Crippen LogP contribution in [0.2, 0.25) is 0 Å². The minimum absolute atomic E-state index is 0.00639. The zero-order valence-electron chi connectivity index (χ0n) is 19.8. The number of hydrogen-bond acceptors (Lipinski definition) is 8. The van der Waals surface area contributed by atoms with Gasteiger partial charge in [-0.05, 0) is 11.1 Å². The molecule has 0 saturated heterocycles. The lowest BCUT2D eigenvalue weighted by Crippen LogP contribution is -2.45. The molecule has 2 aromatic carbocycles. The summed E-state index contributed by atoms with van der Waals surface area (Å²) in [5, 5.41) is 2.46. The van der Waals surface area contributed by atoms with Crippen molar-refractivity contribution in [3.05, 3.63) is 98.2 Å². The minimum Gasteiger partial charge on any atom is -0.456 e. The number of amides is 1. The van der Waals surface area contributed by atoms with E-state index in [9.17, 15) is 24.0 Å². The van der Waals surface area contributed by atoms with Crippen molar-refractivity contribution in [2.24, 2.45) is 14.1 Å². The number of rotatable bonds is 9. The summed E-state index contributed by atoms with van der Waals surface area (Å²) >= 11 is 0. The first kappa shape index (κ1) is 25.9. The Morgan fingerprint density at radius 3 is 2.08 bits per heavy atom. The van der Waals surface area contributed by atoms with E-state index in [2.05, 4.69) is 5.32 Å². The topological polar surface area (TPSA) is 152 Å². The second-order valence-corrected chi connectivity index (χ2v) is 7.95. The lowest BCUT2D eigenvalue weighted by molar-refractivity contribution is -0.144. The Morgan fingerprint density at radius 1 is 0.889 bits per heavy atom. The number of ether oxygens (including phenoxy) is 2. The lowest BCUT2D eigenvalue weighted by atomic mass is 10.1. The van der Waals surface area contributed by atoms with Crippen molar-refractivity contribution >= 4 is 23.7 Å². The first-order valence-corrected chi connectivity index (χ1v) is 11.0. The molecule has 0 aliphatic carbocycles. The number of ketones is 1. The maximum Gasteiger partial charge on any atom is 0.408 e. The van der Waals surface area contributed by atoms with Gasteiger partial charge in [0, 0.05) is 20.5 Å². The number of carbonyl (C=O) groups is 3. The van der Waals surface area contributed by atoms with Gasteiger partial charge in [-0.3, -0.25) is 18.7 Å². The Morgan fingerprint density at radius 2 is 1.47 bits per heavy atom. The number of nitrogens with zero attached hydrogens (tertiary/aromatic N) is 2. The van der Waals surface area contributed by atoms with Gasteiger partial charge in [0.15, 0.2) is 6.61 Å². The third kappa shape index (κ3) is 6.26. The van der Waals surface area contributed by atoms with Crippen LogP contribution >= 0.6 is 0 Å². The fourth-order valence-corrected chi connectivity index (χ4v) is 3.38. The van der Waals surface area contributed by atoms with Crippen molar-refractivity contribution in [1.82, 2.24) is 14.5 Å². The Kier molecular flexibility index (Phi) is 8.39. The Bertz CT molecular complexity index is 1360. The first-order chi connectivity index (χ1) is 17.2. The molecule has 0 fully saturated rings. The molecule has 1 aromatic heterocycles. The van der Waals surface area contributed by atoms with Crippen LogP contribution < -0.4 is 22.3 Å². The van der Waals surface area contributed by atoms with Crippen molar-refractivity contribution in [3.8, 4) is 0 Å². The predicted molar refractivity (Wildman–Crippen MR) is 130 cm³/mol. The fraction of sp³-hybridized carbons (Fsp3) is 0.240. The number of esters is 1. The van der Waals surface area contributed by atoms with Gasteiger partial charge in [0.05, 0.1) is 0 Å². The summed E-state index contributed by atoms with van der Waals surface area (Å²) < 4.78 is 12.0. The molecule has 1 heterocycles. The van der Waals surface area contributed by atoms with Crippen LogP contribution in [-0.4, -0.2) is 39.6 Å². The van der Waals surface area contributed by atoms with E-state index in [-0.39, 0.29) is 18.8 Å². The second kappa shape index (κ2) is 11.6. The molecule has 0 spiro atoms. The maximum atomic E-state index is 12.8. The van der Waals surface area contributed by atoms with E-state index in [1.54, 1.807) is 54.6 Å². The maximum absolute atomic E-state index is 12.8. The molecule has 0 radical (unpaired) electrons. The molecule has 3 N–H and O–H groups in total. The molecule has 0 aliphatic rings. The molecule has 3 rings (SSSR count). The smallest absolute Gasteiger partial charge is 0.408 e. The molecule has 36 heavy (non-hydrogen) atoms. The molecule has 1 unspecified atom stereocenters. The van der Waals surface area contributed by atoms with Gasteiger partial charge >= 0.3 is 17.8 Å². The van der Waals surface area contributed by atoms with E-state index < -0.39 is 47.3 Å². The number of carbonyl (C=O) groups excluding carboxylic acids is 3. The Balaban J connectivity index is 1.71. The highest BCUT2D eigenvalue weighted by Crippen LogP contribution is 2.08. The summed E-state index contributed by atoms with van der Waals surface area (Å²) in [5.41, 5.74) is 5.20. The van der Waals surface area contributed by atoms with Crippen LogP contribution in [0.25, 0.3) is 0 Å². The molecule has 11 nitrogen and oxygen atoms in total. The van der Waals surface area contributed by atoms with Crippen LogP contribution in [0.5, 0.6) is 0 Å². The number of benzene rings is 2. The van der Waals surface area contributed by atoms with Crippen LogP contribution in [0.4, 0.5) is 10.6 Å². The number of anilines is 1. The highest BCUT2D eigenvalue weighted by atomic mass is 16.6. The molecule has 0 aliphatic heterocycles. The van der Waals surface area contributed by atoms with Gasteiger partial charge in [-0.15, -0.1) is 0 Å². The Labute approximate surface area is 206 Å². The molecular weight excluding hydrogens is 468 g/mol. The Hall–Kier alpha value is -4.67. The van der Waals surface area contributed by atoms with E-state index in [4.69, 9.17) is 15.2 Å². The molecule has 0 saturated carbocycles. The number of aromatic nitrogens is 2. The molecule has 11 heteroatoms. The summed E-state index contributed by atoms with van der Waals surface area (Å²) in [6, 6.07) is 16.7. The van der Waals surface area contributed by atoms with Crippen LogP contribution in [0.1, 0.15) is 21.5 Å². The third-order valence-electron chi connectivity index (χ3n) is 5.41. The number of nitrogen functional groups attached to an aromatic ring is 1. The second-order valence-electron chi connectivity index (χ2n) is 7.95. The zero-order chi connectivity index (χ0) is 26.2. The largest absolute Gasteiger partial charge is 0.456 e. The van der Waals surface area contributed by atoms with Crippen LogP contribution in [0.3, 0.4) is 0 Å². The molecule has 1 amide bonds. The quantitative estimate of drug-likeness (QED) is 0.329. The van der Waals surface area contributed by atoms with Crippen molar-refractivity contribution in [3.63, 3.8) is 0 Å². The molecule has 3 aromatic rings. The fourth-order valence-electron chi connectivity index (χ4n) is 3.38. The highest BCUT2D eigenvalue weighted by molar-refractivity contribution is 6.01. The van der Waals surface area contributed by atoms with Gasteiger partial charge in [0.25, 0.3) is 5.56 Å². The average Bonchev–Trinajstić information content (AvgIpc) is 2.89. The van der Waals surface area contributed by atoms with Gasteiger partial charge in [0.1, 0.15) is 24.0 Å². The summed E-state index contributed by atoms with van der Waals surface area (Å²) in [5.74, 6) is -2.14. The number of Topliss-reactive ketones (excluding diaryl/α,β-unsaturated/α-hetero) is 1. The van der Waals surface area contributed by atoms with Crippen LogP contribution in [0, 0.1) is 0 Å². The normalized spacial score (nSPS) is 11.4. The van der Waals surface area contributed by atoms with E-state index in [1.807, 2.05) is 6.07 Å². The highest BCUT2D eigenvalue weighted by Gasteiger charge is 2.26. The van der Waals surface area contributed by atoms with Gasteiger partial charge in [-0.1, -0.05) is 60.7 Å². The monoisotopic (exact) mass is 494 g/mol. The van der Waals surface area contributed by atoms with E-state index in [1.165, 1.54) is 14.1 Å². The number of nitrogens with two attached hydrogens (primary N) is 1. The third-order valence-corrected chi connectivity index (χ3v) is 5.41. The van der Waals surface area contributed by atoms with Crippen molar-refractivity contribution in [2.75, 3.05) is 12.3 Å². The van der Waals surface area contributed by atoms with Gasteiger partial charge in [0.2, 0.25) is 5.78 Å². The van der Waals surface area contributed by atoms with Gasteiger partial charge in [-0.25, -0.2) is 14.4 Å². The molecular formula is C25H26N4O7. The molecule has 0 bridgehead atoms. The first-order valence-electron chi connectivity index (χ1n) is 11.0. The summed E-state index contributed by atoms with van der Waals surface area (Å²) in [6.45, 7) is -0.823. The number of hydrogen-bond donors (Lipinski definition) is 2. The minimum atomic E-state index is -1.18. The SMILES string of the molecule is Cn1c(N)c(C(=O)COC(=O)C(Cc2ccccc2)NC(=O)OCc2ccccc2)c(=O)n(C)c1=O. The van der Waals surface area contributed by atoms with E-state index in [0.29, 0.717) is 0 Å². The standard InChI is InChI=1S/C25H26N4O7/c1-28-21(26)20(22(31)29(2)25(28)34)19(30)15-35-23(32)18(13-16-9-5-3-6-10-16)27-24(33)36-14-17-11-7-4-8-12-17/h3-12,18H,13-15,26H2,1-2H3,(H,27,33). The van der Waals surface area contributed by atoms with Crippen molar-refractivity contribution in [2.45, 2.75) is 19.1 Å².